The molecule has 2 heteroatoms. The van der Waals surface area contributed by atoms with E-state index in [1.54, 1.807) is 13.8 Å². The average Bonchev–Trinajstić information content (AvgIpc) is 2.28. The molecule has 2 rings (SSSR count). The molecule has 0 aliphatic rings. The fourth-order valence-corrected chi connectivity index (χ4v) is 1.79. The van der Waals surface area contributed by atoms with Gasteiger partial charge in [-0.25, -0.2) is 0 Å². The molecule has 0 fully saturated rings. The Balaban J connectivity index is 2.36. The van der Waals surface area contributed by atoms with E-state index >= 15 is 0 Å². The monoisotopic (exact) mass is 227 g/mol. The maximum Gasteiger partial charge on any atom is 0.0840 e. The van der Waals surface area contributed by atoms with Crippen LogP contribution in [0.4, 0.5) is 5.69 Å². The number of hydrogen-bond acceptors (Lipinski definition) is 2. The third-order valence-electron chi connectivity index (χ3n) is 2.81. The lowest BCUT2D eigenvalue weighted by Crippen LogP contribution is -2.14. The van der Waals surface area contributed by atoms with E-state index in [0.29, 0.717) is 0 Å². The Morgan fingerprint density at radius 2 is 1.59 bits per heavy atom. The van der Waals surface area contributed by atoms with Gasteiger partial charge in [0.2, 0.25) is 0 Å². The molecule has 0 radical (unpaired) electrons. The van der Waals surface area contributed by atoms with E-state index in [1.807, 2.05) is 48.5 Å². The highest BCUT2D eigenvalue weighted by molar-refractivity contribution is 5.67. The number of anilines is 1. The second kappa shape index (κ2) is 4.22. The Hall–Kier alpha value is -1.80. The van der Waals surface area contributed by atoms with Crippen LogP contribution < -0.4 is 5.73 Å². The van der Waals surface area contributed by atoms with Crippen LogP contribution in [0.3, 0.4) is 0 Å². The molecule has 2 aromatic carbocycles. The first kappa shape index (κ1) is 11.7. The van der Waals surface area contributed by atoms with Gasteiger partial charge in [0.05, 0.1) is 5.60 Å². The highest BCUT2D eigenvalue weighted by atomic mass is 16.3. The molecule has 0 saturated heterocycles. The van der Waals surface area contributed by atoms with Gasteiger partial charge in [0, 0.05) is 5.69 Å². The number of nitrogens with two attached hydrogens (primary N) is 1. The highest BCUT2D eigenvalue weighted by Crippen LogP contribution is 2.25. The summed E-state index contributed by atoms with van der Waals surface area (Å²) in [5, 5.41) is 9.87. The lowest BCUT2D eigenvalue weighted by atomic mass is 9.95. The van der Waals surface area contributed by atoms with E-state index in [-0.39, 0.29) is 0 Å². The Kier molecular flexibility index (Phi) is 2.90. The van der Waals surface area contributed by atoms with Crippen molar-refractivity contribution in [3.8, 4) is 11.1 Å². The number of nitrogen functional groups attached to an aromatic ring is 1. The molecule has 0 bridgehead atoms. The minimum Gasteiger partial charge on any atom is -0.399 e. The first-order valence-electron chi connectivity index (χ1n) is 5.66. The van der Waals surface area contributed by atoms with Crippen molar-refractivity contribution >= 4 is 5.69 Å². The average molecular weight is 227 g/mol. The molecule has 3 N–H and O–H groups in total. The number of rotatable bonds is 2. The van der Waals surface area contributed by atoms with Crippen LogP contribution in [-0.2, 0) is 5.60 Å². The number of hydrogen-bond donors (Lipinski definition) is 2. The van der Waals surface area contributed by atoms with Crippen molar-refractivity contribution in [3.63, 3.8) is 0 Å². The summed E-state index contributed by atoms with van der Waals surface area (Å²) < 4.78 is 0. The van der Waals surface area contributed by atoms with Gasteiger partial charge in [-0.2, -0.15) is 0 Å². The summed E-state index contributed by atoms with van der Waals surface area (Å²) in [7, 11) is 0. The van der Waals surface area contributed by atoms with Gasteiger partial charge in [0.15, 0.2) is 0 Å². The molecule has 0 saturated carbocycles. The Morgan fingerprint density at radius 1 is 0.941 bits per heavy atom. The summed E-state index contributed by atoms with van der Waals surface area (Å²) in [5.74, 6) is 0. The molecular formula is C15H17NO. The van der Waals surface area contributed by atoms with Crippen LogP contribution in [0.25, 0.3) is 11.1 Å². The summed E-state index contributed by atoms with van der Waals surface area (Å²) in [5.41, 5.74) is 8.82. The van der Waals surface area contributed by atoms with Gasteiger partial charge in [-0.15, -0.1) is 0 Å². The van der Waals surface area contributed by atoms with E-state index in [4.69, 9.17) is 5.73 Å². The van der Waals surface area contributed by atoms with Gasteiger partial charge in [0.25, 0.3) is 0 Å². The second-order valence-corrected chi connectivity index (χ2v) is 4.76. The predicted octanol–water partition coefficient (Wildman–Crippen LogP) is 3.16. The van der Waals surface area contributed by atoms with Crippen LogP contribution in [0.15, 0.2) is 48.5 Å². The summed E-state index contributed by atoms with van der Waals surface area (Å²) in [4.78, 5) is 0. The van der Waals surface area contributed by atoms with Gasteiger partial charge in [-0.3, -0.25) is 0 Å². The zero-order chi connectivity index (χ0) is 12.5. The van der Waals surface area contributed by atoms with Crippen molar-refractivity contribution in [3.05, 3.63) is 54.1 Å². The van der Waals surface area contributed by atoms with Gasteiger partial charge in [-0.05, 0) is 42.7 Å². The molecular weight excluding hydrogens is 210 g/mol. The molecule has 0 heterocycles. The van der Waals surface area contributed by atoms with Crippen LogP contribution in [0.1, 0.15) is 19.4 Å². The fraction of sp³-hybridized carbons (Fsp3) is 0.200. The molecule has 0 aromatic heterocycles. The molecule has 0 aliphatic heterocycles. The molecule has 88 valence electrons. The zero-order valence-corrected chi connectivity index (χ0v) is 10.1. The maximum atomic E-state index is 9.87. The highest BCUT2D eigenvalue weighted by Gasteiger charge is 2.15. The van der Waals surface area contributed by atoms with Crippen molar-refractivity contribution in [1.29, 1.82) is 0 Å². The van der Waals surface area contributed by atoms with Crippen LogP contribution >= 0.6 is 0 Å². The largest absolute Gasteiger partial charge is 0.399 e. The third kappa shape index (κ3) is 2.66. The van der Waals surface area contributed by atoms with Gasteiger partial charge < -0.3 is 10.8 Å². The van der Waals surface area contributed by atoms with Crippen molar-refractivity contribution in [1.82, 2.24) is 0 Å². The van der Waals surface area contributed by atoms with Gasteiger partial charge in [-0.1, -0.05) is 36.4 Å². The van der Waals surface area contributed by atoms with Crippen molar-refractivity contribution in [2.75, 3.05) is 5.73 Å². The van der Waals surface area contributed by atoms with Gasteiger partial charge >= 0.3 is 0 Å². The summed E-state index contributed by atoms with van der Waals surface area (Å²) in [6, 6.07) is 15.7. The number of aliphatic hydroxyl groups is 1. The molecule has 17 heavy (non-hydrogen) atoms. The van der Waals surface area contributed by atoms with Crippen molar-refractivity contribution < 1.29 is 5.11 Å². The lowest BCUT2D eigenvalue weighted by Gasteiger charge is -2.17. The lowest BCUT2D eigenvalue weighted by molar-refractivity contribution is 0.0786. The van der Waals surface area contributed by atoms with E-state index in [1.165, 1.54) is 0 Å². The normalized spacial score (nSPS) is 11.5. The fourth-order valence-electron chi connectivity index (χ4n) is 1.79. The molecule has 0 unspecified atom stereocenters. The van der Waals surface area contributed by atoms with Crippen molar-refractivity contribution in [2.45, 2.75) is 19.4 Å². The first-order chi connectivity index (χ1) is 7.97. The molecule has 0 amide bonds. The molecule has 2 aromatic rings. The molecule has 0 atom stereocenters. The van der Waals surface area contributed by atoms with E-state index < -0.39 is 5.60 Å². The number of benzene rings is 2. The quantitative estimate of drug-likeness (QED) is 0.774. The van der Waals surface area contributed by atoms with Gasteiger partial charge in [0.1, 0.15) is 0 Å². The minimum atomic E-state index is -0.797. The summed E-state index contributed by atoms with van der Waals surface area (Å²) >= 11 is 0. The Labute approximate surface area is 102 Å². The van der Waals surface area contributed by atoms with Crippen LogP contribution in [-0.4, -0.2) is 5.11 Å². The standard InChI is InChI=1S/C15H17NO/c1-15(2,17)13-8-6-11(7-9-13)12-4-3-5-14(16)10-12/h3-10,17H,16H2,1-2H3. The first-order valence-corrected chi connectivity index (χ1v) is 5.66. The maximum absolute atomic E-state index is 9.87. The minimum absolute atomic E-state index is 0.758. The van der Waals surface area contributed by atoms with Crippen molar-refractivity contribution in [2.24, 2.45) is 0 Å². The predicted molar refractivity (Wildman–Crippen MR) is 71.5 cm³/mol. The van der Waals surface area contributed by atoms with Crippen LogP contribution in [0.2, 0.25) is 0 Å². The smallest absolute Gasteiger partial charge is 0.0840 e. The van der Waals surface area contributed by atoms with Crippen LogP contribution in [0, 0.1) is 0 Å². The SMILES string of the molecule is CC(C)(O)c1ccc(-c2cccc(N)c2)cc1. The Bertz CT molecular complexity index is 509. The zero-order valence-electron chi connectivity index (χ0n) is 10.1. The van der Waals surface area contributed by atoms with Crippen LogP contribution in [0.5, 0.6) is 0 Å². The third-order valence-corrected chi connectivity index (χ3v) is 2.81. The topological polar surface area (TPSA) is 46.2 Å². The van der Waals surface area contributed by atoms with E-state index in [2.05, 4.69) is 0 Å². The summed E-state index contributed by atoms with van der Waals surface area (Å²) in [6.45, 7) is 3.56. The Morgan fingerprint density at radius 3 is 2.12 bits per heavy atom. The molecule has 0 spiro atoms. The van der Waals surface area contributed by atoms with E-state index in [0.717, 1.165) is 22.4 Å². The molecule has 2 nitrogen and oxygen atoms in total. The summed E-state index contributed by atoms with van der Waals surface area (Å²) in [6.07, 6.45) is 0. The van der Waals surface area contributed by atoms with E-state index in [9.17, 15) is 5.11 Å². The molecule has 0 aliphatic carbocycles. The second-order valence-electron chi connectivity index (χ2n) is 4.76.